The summed E-state index contributed by atoms with van der Waals surface area (Å²) in [7, 11) is 0. The molecule has 0 aliphatic rings. The van der Waals surface area contributed by atoms with Crippen molar-refractivity contribution in [2.45, 2.75) is 20.0 Å². The van der Waals surface area contributed by atoms with Crippen molar-refractivity contribution in [2.24, 2.45) is 0 Å². The van der Waals surface area contributed by atoms with E-state index in [-0.39, 0.29) is 11.3 Å². The molecule has 0 saturated heterocycles. The van der Waals surface area contributed by atoms with Crippen molar-refractivity contribution in [2.75, 3.05) is 6.54 Å². The van der Waals surface area contributed by atoms with Crippen LogP contribution in [-0.2, 0) is 6.61 Å². The van der Waals surface area contributed by atoms with Gasteiger partial charge in [-0.05, 0) is 24.1 Å². The molecule has 3 N–H and O–H groups in total. The topological polar surface area (TPSA) is 65.3 Å². The molecule has 19 heavy (non-hydrogen) atoms. The van der Waals surface area contributed by atoms with Gasteiger partial charge in [0.2, 0.25) is 0 Å². The second-order valence-electron chi connectivity index (χ2n) is 3.79. The maximum absolute atomic E-state index is 13.6. The predicted octanol–water partition coefficient (Wildman–Crippen LogP) is 2.33. The summed E-state index contributed by atoms with van der Waals surface area (Å²) in [5, 5.41) is 18.8. The lowest BCUT2D eigenvalue weighted by Gasteiger charge is -2.09. The zero-order chi connectivity index (χ0) is 14.3. The van der Waals surface area contributed by atoms with Gasteiger partial charge >= 0.3 is 0 Å². The molecule has 0 bridgehead atoms. The fraction of sp³-hybridized carbons (Fsp3) is 0.308. The molecule has 1 aromatic rings. The molecule has 4 nitrogen and oxygen atoms in total. The van der Waals surface area contributed by atoms with Gasteiger partial charge < -0.3 is 20.6 Å². The molecule has 104 valence electrons. The molecule has 0 atom stereocenters. The van der Waals surface area contributed by atoms with Gasteiger partial charge in [0.05, 0.1) is 12.8 Å². The van der Waals surface area contributed by atoms with Crippen molar-refractivity contribution in [3.8, 4) is 5.75 Å². The number of benzene rings is 1. The molecule has 0 aliphatic heterocycles. The lowest BCUT2D eigenvalue weighted by molar-refractivity contribution is 0.279. The maximum atomic E-state index is 13.6. The highest BCUT2D eigenvalue weighted by atomic mass is 19.1. The molecule has 1 aromatic carbocycles. The van der Waals surface area contributed by atoms with Crippen LogP contribution in [0.1, 0.15) is 18.9 Å². The van der Waals surface area contributed by atoms with Crippen molar-refractivity contribution in [3.05, 3.63) is 41.3 Å². The summed E-state index contributed by atoms with van der Waals surface area (Å²) in [5.41, 5.74) is 0.117. The first-order valence-electron chi connectivity index (χ1n) is 5.83. The molecule has 1 rings (SSSR count). The summed E-state index contributed by atoms with van der Waals surface area (Å²) < 4.78 is 32.2. The summed E-state index contributed by atoms with van der Waals surface area (Å²) in [4.78, 5) is 0. The summed E-state index contributed by atoms with van der Waals surface area (Å²) >= 11 is 0. The predicted molar refractivity (Wildman–Crippen MR) is 68.1 cm³/mol. The maximum Gasteiger partial charge on any atom is 0.198 e. The van der Waals surface area contributed by atoms with Crippen LogP contribution in [0.5, 0.6) is 5.75 Å². The number of nitrogens with one attached hydrogen (secondary N) is 2. The van der Waals surface area contributed by atoms with E-state index in [1.165, 1.54) is 6.20 Å². The Balaban J connectivity index is 2.91. The van der Waals surface area contributed by atoms with Crippen LogP contribution < -0.4 is 10.1 Å². The largest absolute Gasteiger partial charge is 0.448 e. The van der Waals surface area contributed by atoms with Gasteiger partial charge in [0, 0.05) is 12.7 Å². The fourth-order valence-corrected chi connectivity index (χ4v) is 1.34. The Hall–Kier alpha value is -1.95. The third-order valence-corrected chi connectivity index (χ3v) is 2.24. The van der Waals surface area contributed by atoms with E-state index in [1.54, 1.807) is 0 Å². The Morgan fingerprint density at radius 1 is 1.42 bits per heavy atom. The Bertz CT molecular complexity index is 453. The van der Waals surface area contributed by atoms with E-state index < -0.39 is 24.0 Å². The number of halogens is 2. The van der Waals surface area contributed by atoms with Crippen LogP contribution >= 0.6 is 0 Å². The van der Waals surface area contributed by atoms with E-state index in [0.29, 0.717) is 6.54 Å². The summed E-state index contributed by atoms with van der Waals surface area (Å²) in [5.74, 6) is -2.45. The summed E-state index contributed by atoms with van der Waals surface area (Å²) in [6.45, 7) is 2.16. The number of hydrogen-bond acceptors (Lipinski definition) is 4. The molecule has 0 spiro atoms. The quantitative estimate of drug-likeness (QED) is 0.405. The van der Waals surface area contributed by atoms with Crippen molar-refractivity contribution >= 4 is 6.21 Å². The van der Waals surface area contributed by atoms with Crippen LogP contribution in [0.25, 0.3) is 0 Å². The minimum Gasteiger partial charge on any atom is -0.448 e. The lowest BCUT2D eigenvalue weighted by Crippen LogP contribution is -2.10. The third kappa shape index (κ3) is 4.33. The Morgan fingerprint density at radius 3 is 2.53 bits per heavy atom. The number of hydrogen-bond donors (Lipinski definition) is 3. The van der Waals surface area contributed by atoms with E-state index in [9.17, 15) is 8.78 Å². The molecule has 0 amide bonds. The van der Waals surface area contributed by atoms with Gasteiger partial charge in [-0.3, -0.25) is 0 Å². The van der Waals surface area contributed by atoms with E-state index in [4.69, 9.17) is 15.3 Å². The minimum atomic E-state index is -0.924. The monoisotopic (exact) mass is 270 g/mol. The average molecular weight is 270 g/mol. The molecular formula is C13H16F2N2O2. The lowest BCUT2D eigenvalue weighted by atomic mass is 10.2. The number of aliphatic hydroxyl groups excluding tert-OH is 1. The highest BCUT2D eigenvalue weighted by Gasteiger charge is 2.13. The fourth-order valence-electron chi connectivity index (χ4n) is 1.34. The number of aliphatic hydroxyl groups is 1. The van der Waals surface area contributed by atoms with Gasteiger partial charge in [-0.1, -0.05) is 6.92 Å². The van der Waals surface area contributed by atoms with Gasteiger partial charge in [-0.2, -0.15) is 0 Å². The molecule has 6 heteroatoms. The average Bonchev–Trinajstić information content (AvgIpc) is 2.40. The van der Waals surface area contributed by atoms with E-state index >= 15 is 0 Å². The number of rotatable bonds is 7. The zero-order valence-corrected chi connectivity index (χ0v) is 10.5. The molecule has 0 aromatic heterocycles. The number of allylic oxidation sites excluding steroid dienone is 1. The van der Waals surface area contributed by atoms with Crippen molar-refractivity contribution in [1.82, 2.24) is 5.32 Å². The van der Waals surface area contributed by atoms with Crippen LogP contribution in [0.4, 0.5) is 8.78 Å². The zero-order valence-electron chi connectivity index (χ0n) is 10.5. The van der Waals surface area contributed by atoms with Crippen LogP contribution in [-0.4, -0.2) is 17.9 Å². The molecule has 0 saturated carbocycles. The second-order valence-corrected chi connectivity index (χ2v) is 3.79. The molecule has 0 aliphatic carbocycles. The highest BCUT2D eigenvalue weighted by molar-refractivity contribution is 5.73. The molecule has 0 fully saturated rings. The van der Waals surface area contributed by atoms with E-state index in [2.05, 4.69) is 5.32 Å². The van der Waals surface area contributed by atoms with Crippen LogP contribution in [0, 0.1) is 17.0 Å². The Kier molecular flexibility index (Phi) is 5.95. The first kappa shape index (κ1) is 15.1. The van der Waals surface area contributed by atoms with Crippen molar-refractivity contribution in [3.63, 3.8) is 0 Å². The van der Waals surface area contributed by atoms with Gasteiger partial charge in [0.1, 0.15) is 0 Å². The molecule has 0 heterocycles. The summed E-state index contributed by atoms with van der Waals surface area (Å²) in [6, 6.07) is 1.97. The van der Waals surface area contributed by atoms with Gasteiger partial charge in [-0.25, -0.2) is 8.78 Å². The van der Waals surface area contributed by atoms with Gasteiger partial charge in [0.25, 0.3) is 0 Å². The normalized spacial score (nSPS) is 11.3. The third-order valence-electron chi connectivity index (χ3n) is 2.24. The van der Waals surface area contributed by atoms with Crippen LogP contribution in [0.3, 0.4) is 0 Å². The van der Waals surface area contributed by atoms with Crippen LogP contribution in [0.15, 0.2) is 24.1 Å². The minimum absolute atomic E-state index is 0.0111. The SMILES string of the molecule is CCCN/C=C(\C=N)Oc1c(F)cc(CO)cc1F. The first-order valence-corrected chi connectivity index (χ1v) is 5.83. The first-order chi connectivity index (χ1) is 9.12. The van der Waals surface area contributed by atoms with E-state index in [1.807, 2.05) is 6.92 Å². The molecular weight excluding hydrogens is 254 g/mol. The van der Waals surface area contributed by atoms with Crippen LogP contribution in [0.2, 0.25) is 0 Å². The van der Waals surface area contributed by atoms with Crippen molar-refractivity contribution in [1.29, 1.82) is 5.41 Å². The number of ether oxygens (including phenoxy) is 1. The molecule has 0 radical (unpaired) electrons. The highest BCUT2D eigenvalue weighted by Crippen LogP contribution is 2.24. The second kappa shape index (κ2) is 7.48. The summed E-state index contributed by atoms with van der Waals surface area (Å²) in [6.07, 6.45) is 3.09. The van der Waals surface area contributed by atoms with Gasteiger partial charge in [0.15, 0.2) is 23.1 Å². The van der Waals surface area contributed by atoms with Gasteiger partial charge in [-0.15, -0.1) is 0 Å². The Labute approximate surface area is 110 Å². The molecule has 0 unspecified atom stereocenters. The van der Waals surface area contributed by atoms with Crippen molar-refractivity contribution < 1.29 is 18.6 Å². The van der Waals surface area contributed by atoms with E-state index in [0.717, 1.165) is 24.8 Å². The Morgan fingerprint density at radius 2 is 2.05 bits per heavy atom. The standard InChI is InChI=1S/C13H16F2N2O2/c1-2-3-17-7-10(6-16)19-13-11(14)4-9(8-18)5-12(13)15/h4-7,16-18H,2-3,8H2,1H3/b10-7+,16-6?. The smallest absolute Gasteiger partial charge is 0.198 e.